The molecule has 454 valence electrons. The number of esters is 1. The van der Waals surface area contributed by atoms with Crippen LogP contribution in [0.5, 0.6) is 0 Å². The van der Waals surface area contributed by atoms with Gasteiger partial charge in [-0.15, -0.1) is 0 Å². The number of ether oxygens (including phenoxy) is 3. The van der Waals surface area contributed by atoms with E-state index in [9.17, 15) is 35.1 Å². The van der Waals surface area contributed by atoms with Crippen LogP contribution in [-0.2, 0) is 23.8 Å². The average Bonchev–Trinajstić information content (AvgIpc) is 3.45. The van der Waals surface area contributed by atoms with Gasteiger partial charge in [0.25, 0.3) is 0 Å². The van der Waals surface area contributed by atoms with Gasteiger partial charge in [-0.25, -0.2) is 0 Å². The molecule has 8 unspecified atom stereocenters. The fraction of sp³-hybridized carbons (Fsp3) is 0.821. The molecule has 6 N–H and O–H groups in total. The molecule has 0 saturated carbocycles. The van der Waals surface area contributed by atoms with E-state index in [0.717, 1.165) is 96.3 Å². The van der Waals surface area contributed by atoms with E-state index in [4.69, 9.17) is 14.2 Å². The molecule has 1 rings (SSSR count). The van der Waals surface area contributed by atoms with Crippen LogP contribution < -0.4 is 5.32 Å². The zero-order chi connectivity index (χ0) is 56.8. The fourth-order valence-corrected chi connectivity index (χ4v) is 9.95. The minimum atomic E-state index is -1.62. The summed E-state index contributed by atoms with van der Waals surface area (Å²) >= 11 is 0. The molecule has 0 aliphatic carbocycles. The van der Waals surface area contributed by atoms with Gasteiger partial charge in [0.2, 0.25) is 5.91 Å². The highest BCUT2D eigenvalue weighted by Crippen LogP contribution is 2.26. The van der Waals surface area contributed by atoms with E-state index in [2.05, 4.69) is 74.7 Å². The summed E-state index contributed by atoms with van der Waals surface area (Å²) in [6.07, 6.45) is 58.2. The van der Waals surface area contributed by atoms with Crippen molar-refractivity contribution in [2.24, 2.45) is 0 Å². The summed E-state index contributed by atoms with van der Waals surface area (Å²) in [5, 5.41) is 57.0. The Morgan fingerprint density at radius 2 is 0.885 bits per heavy atom. The minimum Gasteiger partial charge on any atom is -0.454 e. The molecule has 1 amide bonds. The first-order chi connectivity index (χ1) is 38.2. The highest BCUT2D eigenvalue weighted by atomic mass is 16.7. The number of unbranched alkanes of at least 4 members (excludes halogenated alkanes) is 33. The zero-order valence-electron chi connectivity index (χ0n) is 50.3. The van der Waals surface area contributed by atoms with Gasteiger partial charge in [-0.2, -0.15) is 0 Å². The normalized spacial score (nSPS) is 19.3. The van der Waals surface area contributed by atoms with Crippen LogP contribution in [-0.4, -0.2) is 99.6 Å². The third-order valence-electron chi connectivity index (χ3n) is 15.1. The maximum absolute atomic E-state index is 13.4. The van der Waals surface area contributed by atoms with E-state index in [1.807, 2.05) is 6.08 Å². The first-order valence-corrected chi connectivity index (χ1v) is 32.6. The lowest BCUT2D eigenvalue weighted by atomic mass is 9.99. The molecular weight excluding hydrogens is 979 g/mol. The highest BCUT2D eigenvalue weighted by molar-refractivity contribution is 5.80. The van der Waals surface area contributed by atoms with Crippen molar-refractivity contribution in [3.63, 3.8) is 0 Å². The van der Waals surface area contributed by atoms with Crippen LogP contribution in [0, 0.1) is 0 Å². The fourth-order valence-electron chi connectivity index (χ4n) is 9.95. The topological polar surface area (TPSA) is 175 Å². The Bertz CT molecular complexity index is 1500. The lowest BCUT2D eigenvalue weighted by Crippen LogP contribution is -2.61. The second kappa shape index (κ2) is 54.9. The lowest BCUT2D eigenvalue weighted by Gasteiger charge is -2.41. The molecular formula is C67H121NO10. The zero-order valence-corrected chi connectivity index (χ0v) is 50.3. The smallest absolute Gasteiger partial charge is 0.306 e. The van der Waals surface area contributed by atoms with Crippen molar-refractivity contribution in [1.82, 2.24) is 5.32 Å². The second-order valence-electron chi connectivity index (χ2n) is 22.5. The summed E-state index contributed by atoms with van der Waals surface area (Å²) in [7, 11) is 0. The van der Waals surface area contributed by atoms with Crippen molar-refractivity contribution in [3.8, 4) is 0 Å². The number of aliphatic hydroxyl groups excluding tert-OH is 5. The van der Waals surface area contributed by atoms with Gasteiger partial charge >= 0.3 is 5.97 Å². The maximum Gasteiger partial charge on any atom is 0.306 e. The number of carbonyl (C=O) groups is 2. The summed E-state index contributed by atoms with van der Waals surface area (Å²) in [4.78, 5) is 26.6. The summed E-state index contributed by atoms with van der Waals surface area (Å²) < 4.78 is 17.6. The third-order valence-corrected chi connectivity index (χ3v) is 15.1. The monoisotopic (exact) mass is 1100 g/mol. The van der Waals surface area contributed by atoms with Crippen LogP contribution in [0.15, 0.2) is 60.8 Å². The predicted octanol–water partition coefficient (Wildman–Crippen LogP) is 15.8. The molecule has 0 aromatic rings. The van der Waals surface area contributed by atoms with Crippen molar-refractivity contribution < 1.29 is 49.3 Å². The predicted molar refractivity (Wildman–Crippen MR) is 324 cm³/mol. The highest BCUT2D eigenvalue weighted by Gasteiger charge is 2.47. The molecule has 0 aromatic carbocycles. The van der Waals surface area contributed by atoms with Crippen LogP contribution in [0.2, 0.25) is 0 Å². The summed E-state index contributed by atoms with van der Waals surface area (Å²) in [6, 6.07) is -1.03. The van der Waals surface area contributed by atoms with Gasteiger partial charge in [-0.3, -0.25) is 9.59 Å². The Hall–Kier alpha value is -2.64. The molecule has 0 spiro atoms. The number of rotatable bonds is 55. The first kappa shape index (κ1) is 73.4. The number of amides is 1. The van der Waals surface area contributed by atoms with E-state index in [0.29, 0.717) is 12.8 Å². The van der Waals surface area contributed by atoms with Gasteiger partial charge < -0.3 is 45.1 Å². The summed E-state index contributed by atoms with van der Waals surface area (Å²) in [5.41, 5.74) is 0. The largest absolute Gasteiger partial charge is 0.454 e. The van der Waals surface area contributed by atoms with Crippen LogP contribution in [0.25, 0.3) is 0 Å². The van der Waals surface area contributed by atoms with E-state index >= 15 is 0 Å². The molecule has 11 nitrogen and oxygen atoms in total. The Balaban J connectivity index is 2.65. The Kier molecular flexibility index (Phi) is 51.7. The Morgan fingerprint density at radius 3 is 1.36 bits per heavy atom. The molecule has 0 aromatic heterocycles. The van der Waals surface area contributed by atoms with E-state index in [1.54, 1.807) is 6.08 Å². The Labute approximate surface area is 478 Å². The molecule has 1 saturated heterocycles. The van der Waals surface area contributed by atoms with Crippen molar-refractivity contribution >= 4 is 11.9 Å². The van der Waals surface area contributed by atoms with Gasteiger partial charge in [0, 0.05) is 6.42 Å². The Morgan fingerprint density at radius 1 is 0.500 bits per heavy atom. The average molecular weight is 1100 g/mol. The number of hydrogen-bond donors (Lipinski definition) is 6. The van der Waals surface area contributed by atoms with Crippen molar-refractivity contribution in [2.45, 2.75) is 339 Å². The van der Waals surface area contributed by atoms with Crippen molar-refractivity contribution in [3.05, 3.63) is 60.8 Å². The number of hydrogen-bond acceptors (Lipinski definition) is 10. The van der Waals surface area contributed by atoms with Crippen molar-refractivity contribution in [1.29, 1.82) is 0 Å². The molecule has 1 heterocycles. The summed E-state index contributed by atoms with van der Waals surface area (Å²) in [5.74, 6) is -1.20. The van der Waals surface area contributed by atoms with Gasteiger partial charge in [0.1, 0.15) is 24.4 Å². The summed E-state index contributed by atoms with van der Waals surface area (Å²) in [6.45, 7) is 5.77. The molecule has 1 fully saturated rings. The molecule has 78 heavy (non-hydrogen) atoms. The van der Waals surface area contributed by atoms with Gasteiger partial charge in [0.05, 0.1) is 25.4 Å². The SMILES string of the molecule is CCCCC/C=C\C/C=C\C/C=C\CCCCCCCCCCC(=O)OC1C(OCC(NC(=O)C(O)CCCCCCCC/C=C/CCCCCCCC)C(O)/C=C/CCCCCCCCCCCC)OC(CO)C(O)C1O. The van der Waals surface area contributed by atoms with Crippen LogP contribution in [0.1, 0.15) is 290 Å². The quantitative estimate of drug-likeness (QED) is 0.0195. The second-order valence-corrected chi connectivity index (χ2v) is 22.5. The van der Waals surface area contributed by atoms with Crippen LogP contribution in [0.4, 0.5) is 0 Å². The molecule has 0 radical (unpaired) electrons. The van der Waals surface area contributed by atoms with Gasteiger partial charge in [-0.05, 0) is 89.9 Å². The number of nitrogens with one attached hydrogen (secondary N) is 1. The van der Waals surface area contributed by atoms with E-state index < -0.39 is 67.4 Å². The molecule has 0 bridgehead atoms. The van der Waals surface area contributed by atoms with E-state index in [-0.39, 0.29) is 19.4 Å². The van der Waals surface area contributed by atoms with Crippen LogP contribution in [0.3, 0.4) is 0 Å². The molecule has 8 atom stereocenters. The van der Waals surface area contributed by atoms with Gasteiger partial charge in [0.15, 0.2) is 12.4 Å². The minimum absolute atomic E-state index is 0.114. The number of carbonyl (C=O) groups excluding carboxylic acids is 2. The lowest BCUT2D eigenvalue weighted by molar-refractivity contribution is -0.305. The van der Waals surface area contributed by atoms with Gasteiger partial charge in [-0.1, -0.05) is 255 Å². The first-order valence-electron chi connectivity index (χ1n) is 32.6. The number of aliphatic hydroxyl groups is 5. The number of allylic oxidation sites excluding steroid dienone is 9. The van der Waals surface area contributed by atoms with Crippen LogP contribution >= 0.6 is 0 Å². The third kappa shape index (κ3) is 42.2. The maximum atomic E-state index is 13.4. The van der Waals surface area contributed by atoms with E-state index in [1.165, 1.54) is 148 Å². The van der Waals surface area contributed by atoms with Crippen molar-refractivity contribution in [2.75, 3.05) is 13.2 Å². The standard InChI is InChI=1S/C67H121NO10/c1-4-7-10-13-16-19-22-25-27-29-30-31-32-33-35-37-40-43-46-49-52-55-62(72)78-65-64(74)63(73)61(56-69)77-67(65)76-57-58(59(70)53-50-47-44-41-38-24-21-18-15-12-9-6-3)68-66(75)60(71)54-51-48-45-42-39-36-34-28-26-23-20-17-14-11-8-5-2/h16,19,25-28,30-31,50,53,58-61,63-65,67,69-71,73-74H,4-15,17-18,20-24,29,32-49,51-52,54-57H2,1-3H3,(H,68,75)/b19-16-,27-25-,28-26+,31-30-,53-50+. The molecule has 11 heteroatoms. The molecule has 1 aliphatic rings. The molecule has 1 aliphatic heterocycles.